The van der Waals surface area contributed by atoms with E-state index in [-0.39, 0.29) is 5.78 Å². The van der Waals surface area contributed by atoms with Gasteiger partial charge in [0.25, 0.3) is 0 Å². The van der Waals surface area contributed by atoms with Gasteiger partial charge in [0, 0.05) is 18.8 Å². The minimum absolute atomic E-state index is 0.174. The lowest BCUT2D eigenvalue weighted by molar-refractivity contribution is 0.0981. The summed E-state index contributed by atoms with van der Waals surface area (Å²) >= 11 is 1.51. The van der Waals surface area contributed by atoms with Gasteiger partial charge in [-0.1, -0.05) is 0 Å². The molecule has 0 aliphatic heterocycles. The molecule has 0 N–H and O–H groups in total. The Bertz CT molecular complexity index is 551. The van der Waals surface area contributed by atoms with Crippen LogP contribution in [0.5, 0.6) is 0 Å². The number of thiazole rings is 1. The molecule has 0 saturated heterocycles. The van der Waals surface area contributed by atoms with Crippen molar-refractivity contribution < 1.29 is 4.79 Å². The maximum Gasteiger partial charge on any atom is 0.171 e. The van der Waals surface area contributed by atoms with E-state index in [9.17, 15) is 4.79 Å². The van der Waals surface area contributed by atoms with Crippen molar-refractivity contribution in [3.8, 4) is 10.7 Å². The van der Waals surface area contributed by atoms with Gasteiger partial charge in [-0.2, -0.15) is 0 Å². The molecular weight excluding hydrogens is 234 g/mol. The van der Waals surface area contributed by atoms with Crippen LogP contribution in [0.1, 0.15) is 35.3 Å². The predicted molar refractivity (Wildman–Crippen MR) is 65.0 cm³/mol. The molecule has 1 aliphatic rings. The van der Waals surface area contributed by atoms with Gasteiger partial charge in [0.15, 0.2) is 11.6 Å². The SMILES string of the molecule is O=C1CCCCc2nc(-c3cncs3)ncc21. The average Bonchev–Trinajstić information content (AvgIpc) is 2.82. The van der Waals surface area contributed by atoms with E-state index in [1.54, 1.807) is 17.9 Å². The number of rotatable bonds is 1. The lowest BCUT2D eigenvalue weighted by atomic mass is 10.1. The van der Waals surface area contributed by atoms with Gasteiger partial charge in [0.2, 0.25) is 0 Å². The third-order valence-electron chi connectivity index (χ3n) is 2.89. The van der Waals surface area contributed by atoms with E-state index in [2.05, 4.69) is 15.0 Å². The van der Waals surface area contributed by atoms with E-state index >= 15 is 0 Å². The van der Waals surface area contributed by atoms with Gasteiger partial charge < -0.3 is 0 Å². The molecule has 0 atom stereocenters. The second-order valence-corrected chi connectivity index (χ2v) is 4.94. The lowest BCUT2D eigenvalue weighted by Crippen LogP contribution is -2.04. The number of nitrogens with zero attached hydrogens (tertiary/aromatic N) is 3. The molecular formula is C12H11N3OS. The van der Waals surface area contributed by atoms with Crippen molar-refractivity contribution in [3.05, 3.63) is 29.2 Å². The molecule has 2 aromatic rings. The van der Waals surface area contributed by atoms with Crippen LogP contribution in [0.2, 0.25) is 0 Å². The Morgan fingerprint density at radius 1 is 1.18 bits per heavy atom. The number of fused-ring (bicyclic) bond motifs is 1. The van der Waals surface area contributed by atoms with Crippen LogP contribution in [-0.4, -0.2) is 20.7 Å². The first-order valence-corrected chi connectivity index (χ1v) is 6.50. The third kappa shape index (κ3) is 1.98. The Hall–Kier alpha value is -1.62. The maximum atomic E-state index is 11.8. The summed E-state index contributed by atoms with van der Waals surface area (Å²) in [6.45, 7) is 0. The van der Waals surface area contributed by atoms with Crippen LogP contribution in [0.4, 0.5) is 0 Å². The van der Waals surface area contributed by atoms with Crippen LogP contribution < -0.4 is 0 Å². The van der Waals surface area contributed by atoms with Crippen LogP contribution >= 0.6 is 11.3 Å². The van der Waals surface area contributed by atoms with Crippen molar-refractivity contribution in [2.45, 2.75) is 25.7 Å². The summed E-state index contributed by atoms with van der Waals surface area (Å²) in [6.07, 6.45) is 6.89. The fourth-order valence-electron chi connectivity index (χ4n) is 2.00. The van der Waals surface area contributed by atoms with E-state index in [1.807, 2.05) is 0 Å². The summed E-state index contributed by atoms with van der Waals surface area (Å²) < 4.78 is 0. The largest absolute Gasteiger partial charge is 0.294 e. The van der Waals surface area contributed by atoms with Crippen molar-refractivity contribution in [1.82, 2.24) is 15.0 Å². The highest BCUT2D eigenvalue weighted by Crippen LogP contribution is 2.23. The van der Waals surface area contributed by atoms with E-state index in [1.165, 1.54) is 11.3 Å². The Kier molecular flexibility index (Phi) is 2.68. The van der Waals surface area contributed by atoms with E-state index in [0.29, 0.717) is 17.8 Å². The van der Waals surface area contributed by atoms with Gasteiger partial charge in [0.05, 0.1) is 21.6 Å². The zero-order chi connectivity index (χ0) is 11.7. The smallest absolute Gasteiger partial charge is 0.171 e. The van der Waals surface area contributed by atoms with E-state index in [4.69, 9.17) is 0 Å². The molecule has 0 bridgehead atoms. The van der Waals surface area contributed by atoms with Gasteiger partial charge in [-0.25, -0.2) is 9.97 Å². The van der Waals surface area contributed by atoms with Crippen molar-refractivity contribution >= 4 is 17.1 Å². The average molecular weight is 245 g/mol. The minimum Gasteiger partial charge on any atom is -0.294 e. The van der Waals surface area contributed by atoms with Gasteiger partial charge in [-0.15, -0.1) is 11.3 Å². The molecule has 0 aromatic carbocycles. The van der Waals surface area contributed by atoms with Crippen LogP contribution in [0, 0.1) is 0 Å². The van der Waals surface area contributed by atoms with E-state index < -0.39 is 0 Å². The molecule has 3 rings (SSSR count). The molecule has 5 heteroatoms. The first kappa shape index (κ1) is 10.5. The first-order chi connectivity index (χ1) is 8.34. The molecule has 0 spiro atoms. The van der Waals surface area contributed by atoms with Crippen molar-refractivity contribution in [1.29, 1.82) is 0 Å². The number of aromatic nitrogens is 3. The van der Waals surface area contributed by atoms with Crippen molar-refractivity contribution in [2.24, 2.45) is 0 Å². The molecule has 0 radical (unpaired) electrons. The summed E-state index contributed by atoms with van der Waals surface area (Å²) in [6, 6.07) is 0. The van der Waals surface area contributed by atoms with Crippen LogP contribution in [0.15, 0.2) is 17.9 Å². The summed E-state index contributed by atoms with van der Waals surface area (Å²) in [4.78, 5) is 25.5. The summed E-state index contributed by atoms with van der Waals surface area (Å²) in [7, 11) is 0. The fourth-order valence-corrected chi connectivity index (χ4v) is 2.56. The molecule has 86 valence electrons. The molecule has 0 fully saturated rings. The molecule has 0 unspecified atom stereocenters. The highest BCUT2D eigenvalue weighted by molar-refractivity contribution is 7.13. The van der Waals surface area contributed by atoms with Gasteiger partial charge >= 0.3 is 0 Å². The molecule has 0 amide bonds. The Labute approximate surface area is 103 Å². The summed E-state index contributed by atoms with van der Waals surface area (Å²) in [5, 5.41) is 0. The number of hydrogen-bond donors (Lipinski definition) is 0. The van der Waals surface area contributed by atoms with Crippen LogP contribution in [-0.2, 0) is 6.42 Å². The molecule has 1 aliphatic carbocycles. The molecule has 2 aromatic heterocycles. The fraction of sp³-hybridized carbons (Fsp3) is 0.333. The van der Waals surface area contributed by atoms with Crippen LogP contribution in [0.25, 0.3) is 10.7 Å². The number of ketones is 1. The van der Waals surface area contributed by atoms with Crippen LogP contribution in [0.3, 0.4) is 0 Å². The van der Waals surface area contributed by atoms with Gasteiger partial charge in [-0.05, 0) is 19.3 Å². The predicted octanol–water partition coefficient (Wildman–Crippen LogP) is 2.51. The topological polar surface area (TPSA) is 55.7 Å². The second-order valence-electron chi connectivity index (χ2n) is 4.05. The highest BCUT2D eigenvalue weighted by Gasteiger charge is 2.18. The molecule has 4 nitrogen and oxygen atoms in total. The molecule has 17 heavy (non-hydrogen) atoms. The Balaban J connectivity index is 2.06. The summed E-state index contributed by atoms with van der Waals surface area (Å²) in [5.74, 6) is 0.856. The van der Waals surface area contributed by atoms with Crippen molar-refractivity contribution in [2.75, 3.05) is 0 Å². The van der Waals surface area contributed by atoms with Gasteiger partial charge in [0.1, 0.15) is 0 Å². The Morgan fingerprint density at radius 2 is 2.06 bits per heavy atom. The monoisotopic (exact) mass is 245 g/mol. The second kappa shape index (κ2) is 4.33. The quantitative estimate of drug-likeness (QED) is 0.724. The normalized spacial score (nSPS) is 15.4. The van der Waals surface area contributed by atoms with E-state index in [0.717, 1.165) is 29.8 Å². The number of carbonyl (C=O) groups is 1. The maximum absolute atomic E-state index is 11.8. The zero-order valence-electron chi connectivity index (χ0n) is 9.22. The number of aryl methyl sites for hydroxylation is 1. The number of hydrogen-bond acceptors (Lipinski definition) is 5. The molecule has 2 heterocycles. The highest BCUT2D eigenvalue weighted by atomic mass is 32.1. The molecule has 0 saturated carbocycles. The first-order valence-electron chi connectivity index (χ1n) is 5.62. The third-order valence-corrected chi connectivity index (χ3v) is 3.66. The number of carbonyl (C=O) groups excluding carboxylic acids is 1. The van der Waals surface area contributed by atoms with Crippen molar-refractivity contribution in [3.63, 3.8) is 0 Å². The summed E-state index contributed by atoms with van der Waals surface area (Å²) in [5.41, 5.74) is 3.36. The number of Topliss-reactive ketones (excluding diaryl/α,β-unsaturated/α-hetero) is 1. The zero-order valence-corrected chi connectivity index (χ0v) is 10.0. The minimum atomic E-state index is 0.174. The Morgan fingerprint density at radius 3 is 2.88 bits per heavy atom. The standard InChI is InChI=1S/C12H11N3OS/c16-10-4-2-1-3-9-8(10)5-14-12(15-9)11-6-13-7-17-11/h5-7H,1-4H2. The lowest BCUT2D eigenvalue weighted by Gasteiger charge is -2.04. The van der Waals surface area contributed by atoms with Gasteiger partial charge in [-0.3, -0.25) is 9.78 Å².